The molecule has 1 atom stereocenters. The third-order valence-electron chi connectivity index (χ3n) is 5.13. The molecule has 0 aliphatic carbocycles. The number of hydrogen-bond acceptors (Lipinski definition) is 3. The number of imide groups is 1. The van der Waals surface area contributed by atoms with Crippen LogP contribution in [0.4, 0.5) is 4.79 Å². The van der Waals surface area contributed by atoms with Gasteiger partial charge in [0, 0.05) is 5.56 Å². The SMILES string of the molecule is C[C@@]1(CCc2ccccc2)NC(=O)N(/N=C\c2cccc3ccccc23)C1=O. The second-order valence-corrected chi connectivity index (χ2v) is 7.18. The Labute approximate surface area is 163 Å². The standard InChI is InChI=1S/C23H21N3O2/c1-23(15-14-17-8-3-2-4-9-17)21(27)26(22(28)25-23)24-16-19-12-7-11-18-10-5-6-13-20(18)19/h2-13,16H,14-15H2,1H3,(H,25,28)/b24-16-/t23-/m0/s1. The summed E-state index contributed by atoms with van der Waals surface area (Å²) in [6, 6.07) is 23.2. The first kappa shape index (κ1) is 17.9. The molecule has 1 N–H and O–H groups in total. The van der Waals surface area contributed by atoms with Gasteiger partial charge >= 0.3 is 6.03 Å². The molecule has 0 radical (unpaired) electrons. The Morgan fingerprint density at radius 1 is 0.964 bits per heavy atom. The summed E-state index contributed by atoms with van der Waals surface area (Å²) in [6.45, 7) is 1.75. The van der Waals surface area contributed by atoms with Crippen molar-refractivity contribution in [1.29, 1.82) is 0 Å². The number of hydrazone groups is 1. The van der Waals surface area contributed by atoms with Gasteiger partial charge in [0.1, 0.15) is 5.54 Å². The number of fused-ring (bicyclic) bond motifs is 1. The van der Waals surface area contributed by atoms with Gasteiger partial charge in [0.15, 0.2) is 0 Å². The second kappa shape index (κ2) is 7.27. The van der Waals surface area contributed by atoms with Crippen molar-refractivity contribution >= 4 is 28.9 Å². The van der Waals surface area contributed by atoms with Crippen molar-refractivity contribution in [2.24, 2.45) is 5.10 Å². The molecule has 5 heteroatoms. The fraction of sp³-hybridized carbons (Fsp3) is 0.174. The molecular formula is C23H21N3O2. The van der Waals surface area contributed by atoms with Crippen LogP contribution in [-0.4, -0.2) is 28.7 Å². The van der Waals surface area contributed by atoms with Crippen molar-refractivity contribution < 1.29 is 9.59 Å². The number of nitrogens with zero attached hydrogens (tertiary/aromatic N) is 2. The summed E-state index contributed by atoms with van der Waals surface area (Å²) in [5.74, 6) is -0.329. The van der Waals surface area contributed by atoms with Crippen LogP contribution in [0.1, 0.15) is 24.5 Å². The molecule has 3 aromatic rings. The summed E-state index contributed by atoms with van der Waals surface area (Å²) >= 11 is 0. The van der Waals surface area contributed by atoms with E-state index in [-0.39, 0.29) is 5.91 Å². The highest BCUT2D eigenvalue weighted by molar-refractivity contribution is 6.08. The number of hydrogen-bond donors (Lipinski definition) is 1. The predicted octanol–water partition coefficient (Wildman–Crippen LogP) is 4.12. The van der Waals surface area contributed by atoms with Gasteiger partial charge in [0.05, 0.1) is 6.21 Å². The number of rotatable bonds is 5. The molecule has 0 spiro atoms. The van der Waals surface area contributed by atoms with E-state index < -0.39 is 11.6 Å². The zero-order valence-corrected chi connectivity index (χ0v) is 15.6. The topological polar surface area (TPSA) is 61.8 Å². The molecule has 1 heterocycles. The van der Waals surface area contributed by atoms with Gasteiger partial charge in [0.25, 0.3) is 5.91 Å². The van der Waals surface area contributed by atoms with Crippen molar-refractivity contribution in [3.8, 4) is 0 Å². The minimum Gasteiger partial charge on any atom is -0.322 e. The van der Waals surface area contributed by atoms with Crippen LogP contribution >= 0.6 is 0 Å². The third-order valence-corrected chi connectivity index (χ3v) is 5.13. The number of nitrogens with one attached hydrogen (secondary N) is 1. The molecule has 1 aliphatic rings. The first-order valence-electron chi connectivity index (χ1n) is 9.29. The Hall–Kier alpha value is -3.47. The fourth-order valence-corrected chi connectivity index (χ4v) is 3.46. The Kier molecular flexibility index (Phi) is 4.65. The fourth-order valence-electron chi connectivity index (χ4n) is 3.46. The number of carbonyl (C=O) groups excluding carboxylic acids is 2. The highest BCUT2D eigenvalue weighted by Crippen LogP contribution is 2.24. The van der Waals surface area contributed by atoms with Crippen molar-refractivity contribution in [2.45, 2.75) is 25.3 Å². The lowest BCUT2D eigenvalue weighted by Gasteiger charge is -2.20. The highest BCUT2D eigenvalue weighted by atomic mass is 16.2. The largest absolute Gasteiger partial charge is 0.346 e. The van der Waals surface area contributed by atoms with E-state index in [1.165, 1.54) is 0 Å². The number of aryl methyl sites for hydroxylation is 1. The van der Waals surface area contributed by atoms with E-state index in [9.17, 15) is 9.59 Å². The summed E-state index contributed by atoms with van der Waals surface area (Å²) in [5.41, 5.74) is 1.03. The van der Waals surface area contributed by atoms with Gasteiger partial charge in [-0.2, -0.15) is 5.10 Å². The van der Waals surface area contributed by atoms with Crippen LogP contribution in [-0.2, 0) is 11.2 Å². The van der Waals surface area contributed by atoms with Crippen molar-refractivity contribution in [3.63, 3.8) is 0 Å². The minimum absolute atomic E-state index is 0.329. The number of urea groups is 1. The molecule has 1 fully saturated rings. The van der Waals surface area contributed by atoms with Gasteiger partial charge in [-0.15, -0.1) is 5.01 Å². The first-order chi connectivity index (χ1) is 13.6. The zero-order valence-electron chi connectivity index (χ0n) is 15.6. The lowest BCUT2D eigenvalue weighted by Crippen LogP contribution is -2.44. The number of benzene rings is 3. The molecule has 140 valence electrons. The van der Waals surface area contributed by atoms with Crippen LogP contribution in [0.5, 0.6) is 0 Å². The van der Waals surface area contributed by atoms with Crippen LogP contribution in [0.3, 0.4) is 0 Å². The van der Waals surface area contributed by atoms with Crippen molar-refractivity contribution in [2.75, 3.05) is 0 Å². The molecule has 1 saturated heterocycles. The van der Waals surface area contributed by atoms with Gasteiger partial charge in [-0.1, -0.05) is 72.8 Å². The van der Waals surface area contributed by atoms with Crippen molar-refractivity contribution in [1.82, 2.24) is 10.3 Å². The van der Waals surface area contributed by atoms with Crippen LogP contribution in [0, 0.1) is 0 Å². The summed E-state index contributed by atoms with van der Waals surface area (Å²) in [5, 5.41) is 10.0. The van der Waals surface area contributed by atoms with Gasteiger partial charge in [-0.25, -0.2) is 4.79 Å². The van der Waals surface area contributed by atoms with Gasteiger partial charge < -0.3 is 5.32 Å². The lowest BCUT2D eigenvalue weighted by molar-refractivity contribution is -0.130. The van der Waals surface area contributed by atoms with Gasteiger partial charge in [-0.05, 0) is 36.1 Å². The molecule has 0 aromatic heterocycles. The summed E-state index contributed by atoms with van der Waals surface area (Å²) in [6.07, 6.45) is 2.79. The molecule has 3 amide bonds. The smallest absolute Gasteiger partial charge is 0.322 e. The van der Waals surface area contributed by atoms with Crippen LogP contribution < -0.4 is 5.32 Å². The molecule has 4 rings (SSSR count). The molecule has 5 nitrogen and oxygen atoms in total. The minimum atomic E-state index is -0.955. The monoisotopic (exact) mass is 371 g/mol. The summed E-state index contributed by atoms with van der Waals surface area (Å²) in [4.78, 5) is 25.2. The third kappa shape index (κ3) is 3.39. The first-order valence-corrected chi connectivity index (χ1v) is 9.29. The molecule has 3 aromatic carbocycles. The van der Waals surface area contributed by atoms with E-state index in [1.54, 1.807) is 13.1 Å². The van der Waals surface area contributed by atoms with E-state index in [4.69, 9.17) is 0 Å². The van der Waals surface area contributed by atoms with Gasteiger partial charge in [-0.3, -0.25) is 4.79 Å². The summed E-state index contributed by atoms with van der Waals surface area (Å²) < 4.78 is 0. The second-order valence-electron chi connectivity index (χ2n) is 7.18. The van der Waals surface area contributed by atoms with E-state index in [0.29, 0.717) is 12.8 Å². The maximum atomic E-state index is 12.9. The van der Waals surface area contributed by atoms with Gasteiger partial charge in [0.2, 0.25) is 0 Å². The molecule has 1 aliphatic heterocycles. The predicted molar refractivity (Wildman–Crippen MR) is 110 cm³/mol. The van der Waals surface area contributed by atoms with E-state index in [0.717, 1.165) is 26.9 Å². The quantitative estimate of drug-likeness (QED) is 0.542. The lowest BCUT2D eigenvalue weighted by atomic mass is 9.93. The average Bonchev–Trinajstić information content (AvgIpc) is 2.94. The van der Waals surface area contributed by atoms with E-state index in [2.05, 4.69) is 10.4 Å². The molecule has 0 saturated carbocycles. The highest BCUT2D eigenvalue weighted by Gasteiger charge is 2.47. The molecule has 28 heavy (non-hydrogen) atoms. The van der Waals surface area contributed by atoms with E-state index >= 15 is 0 Å². The Morgan fingerprint density at radius 2 is 1.68 bits per heavy atom. The van der Waals surface area contributed by atoms with Crippen LogP contribution in [0.2, 0.25) is 0 Å². The van der Waals surface area contributed by atoms with Crippen LogP contribution in [0.15, 0.2) is 77.9 Å². The molecular weight excluding hydrogens is 350 g/mol. The normalized spacial score (nSPS) is 19.5. The Morgan fingerprint density at radius 3 is 2.50 bits per heavy atom. The number of amides is 3. The Balaban J connectivity index is 1.53. The molecule has 0 bridgehead atoms. The van der Waals surface area contributed by atoms with Crippen molar-refractivity contribution in [3.05, 3.63) is 83.9 Å². The molecule has 0 unspecified atom stereocenters. The average molecular weight is 371 g/mol. The number of carbonyl (C=O) groups is 2. The van der Waals surface area contributed by atoms with E-state index in [1.807, 2.05) is 72.8 Å². The Bertz CT molecular complexity index is 1060. The maximum absolute atomic E-state index is 12.9. The summed E-state index contributed by atoms with van der Waals surface area (Å²) in [7, 11) is 0. The van der Waals surface area contributed by atoms with Crippen LogP contribution in [0.25, 0.3) is 10.8 Å². The zero-order chi connectivity index (χ0) is 19.6. The maximum Gasteiger partial charge on any atom is 0.346 e.